The highest BCUT2D eigenvalue weighted by Crippen LogP contribution is 2.16. The zero-order valence-corrected chi connectivity index (χ0v) is 11.5. The van der Waals surface area contributed by atoms with E-state index >= 15 is 0 Å². The van der Waals surface area contributed by atoms with Crippen LogP contribution in [-0.4, -0.2) is 29.1 Å². The Kier molecular flexibility index (Phi) is 2.82. The zero-order valence-electron chi connectivity index (χ0n) is 11.5. The summed E-state index contributed by atoms with van der Waals surface area (Å²) in [6.07, 6.45) is 6.84. The maximum absolute atomic E-state index is 11.2. The second kappa shape index (κ2) is 4.96. The number of hydrogen-bond donors (Lipinski definition) is 1. The molecule has 0 atom stereocenters. The normalized spacial score (nSPS) is 11.1. The smallest absolute Gasteiger partial charge is 0.247 e. The lowest BCUT2D eigenvalue weighted by molar-refractivity contribution is 0.740. The van der Waals surface area contributed by atoms with Crippen LogP contribution in [0, 0.1) is 0 Å². The van der Waals surface area contributed by atoms with E-state index < -0.39 is 0 Å². The summed E-state index contributed by atoms with van der Waals surface area (Å²) in [6.45, 7) is 0.606. The Labute approximate surface area is 124 Å². The number of nitrogens with one attached hydrogen (secondary N) is 1. The van der Waals surface area contributed by atoms with Crippen molar-refractivity contribution in [1.29, 1.82) is 0 Å². The molecular formula is C15H12N6O. The van der Waals surface area contributed by atoms with Crippen LogP contribution >= 0.6 is 0 Å². The molecule has 0 aliphatic heterocycles. The molecule has 4 rings (SSSR count). The lowest BCUT2D eigenvalue weighted by Gasteiger charge is -2.09. The van der Waals surface area contributed by atoms with Crippen molar-refractivity contribution in [3.63, 3.8) is 0 Å². The molecule has 108 valence electrons. The standard InChI is InChI=1S/C15H12N6O/c22-14-5-4-11(8-17-14)15-16-6-7-20(15)9-12-2-1-3-13-18-10-19-21(12)13/h1-8,10H,9H2,(H,17,22). The number of nitrogens with zero attached hydrogens (tertiary/aromatic N) is 5. The molecule has 0 fully saturated rings. The van der Waals surface area contributed by atoms with Gasteiger partial charge in [-0.2, -0.15) is 5.10 Å². The summed E-state index contributed by atoms with van der Waals surface area (Å²) < 4.78 is 3.81. The first-order valence-electron chi connectivity index (χ1n) is 6.79. The van der Waals surface area contributed by atoms with Gasteiger partial charge in [-0.05, 0) is 18.2 Å². The van der Waals surface area contributed by atoms with Gasteiger partial charge in [0, 0.05) is 30.2 Å². The zero-order chi connectivity index (χ0) is 14.9. The molecule has 7 heteroatoms. The monoisotopic (exact) mass is 292 g/mol. The van der Waals surface area contributed by atoms with E-state index in [1.807, 2.05) is 29.0 Å². The van der Waals surface area contributed by atoms with Gasteiger partial charge >= 0.3 is 0 Å². The van der Waals surface area contributed by atoms with Crippen molar-refractivity contribution < 1.29 is 0 Å². The van der Waals surface area contributed by atoms with Crippen molar-refractivity contribution in [2.24, 2.45) is 0 Å². The summed E-state index contributed by atoms with van der Waals surface area (Å²) in [6, 6.07) is 9.11. The Hall–Kier alpha value is -3.22. The van der Waals surface area contributed by atoms with E-state index in [2.05, 4.69) is 20.1 Å². The third-order valence-electron chi connectivity index (χ3n) is 3.47. The van der Waals surface area contributed by atoms with Gasteiger partial charge in [-0.25, -0.2) is 14.5 Å². The summed E-state index contributed by atoms with van der Waals surface area (Å²) in [4.78, 5) is 22.4. The number of hydrogen-bond acceptors (Lipinski definition) is 4. The molecule has 7 nitrogen and oxygen atoms in total. The van der Waals surface area contributed by atoms with Gasteiger partial charge in [0.05, 0.1) is 12.2 Å². The highest BCUT2D eigenvalue weighted by Gasteiger charge is 2.09. The van der Waals surface area contributed by atoms with Crippen LogP contribution in [0.15, 0.2) is 60.0 Å². The topological polar surface area (TPSA) is 80.9 Å². The number of rotatable bonds is 3. The Morgan fingerprint density at radius 2 is 2.09 bits per heavy atom. The average Bonchev–Trinajstić information content (AvgIpc) is 3.17. The maximum Gasteiger partial charge on any atom is 0.247 e. The molecule has 4 heterocycles. The van der Waals surface area contributed by atoms with Crippen molar-refractivity contribution in [3.05, 3.63) is 71.3 Å². The number of aromatic amines is 1. The quantitative estimate of drug-likeness (QED) is 0.617. The largest absolute Gasteiger partial charge is 0.328 e. The minimum Gasteiger partial charge on any atom is -0.328 e. The third kappa shape index (κ3) is 2.08. The Morgan fingerprint density at radius 1 is 1.14 bits per heavy atom. The van der Waals surface area contributed by atoms with Crippen LogP contribution in [0.25, 0.3) is 17.0 Å². The molecule has 0 aliphatic rings. The van der Waals surface area contributed by atoms with Crippen molar-refractivity contribution in [2.75, 3.05) is 0 Å². The van der Waals surface area contributed by atoms with E-state index in [9.17, 15) is 4.79 Å². The summed E-state index contributed by atoms with van der Waals surface area (Å²) in [7, 11) is 0. The molecule has 22 heavy (non-hydrogen) atoms. The number of fused-ring (bicyclic) bond motifs is 1. The molecule has 0 radical (unpaired) electrons. The van der Waals surface area contributed by atoms with E-state index in [-0.39, 0.29) is 5.56 Å². The van der Waals surface area contributed by atoms with Crippen molar-refractivity contribution >= 4 is 5.65 Å². The van der Waals surface area contributed by atoms with E-state index in [0.29, 0.717) is 6.54 Å². The van der Waals surface area contributed by atoms with Gasteiger partial charge in [0.2, 0.25) is 5.56 Å². The SMILES string of the molecule is O=c1ccc(-c2nccn2Cc2cccc3ncnn23)c[nH]1. The second-order valence-corrected chi connectivity index (χ2v) is 4.87. The summed E-state index contributed by atoms with van der Waals surface area (Å²) in [5.74, 6) is 0.786. The van der Waals surface area contributed by atoms with E-state index in [0.717, 1.165) is 22.7 Å². The molecular weight excluding hydrogens is 280 g/mol. The first kappa shape index (κ1) is 12.5. The third-order valence-corrected chi connectivity index (χ3v) is 3.47. The summed E-state index contributed by atoms with van der Waals surface area (Å²) in [5, 5.41) is 4.24. The lowest BCUT2D eigenvalue weighted by atomic mass is 10.2. The number of aromatic nitrogens is 6. The Bertz CT molecular complexity index is 976. The van der Waals surface area contributed by atoms with Crippen molar-refractivity contribution in [2.45, 2.75) is 6.54 Å². The lowest BCUT2D eigenvalue weighted by Crippen LogP contribution is -2.08. The van der Waals surface area contributed by atoms with Gasteiger partial charge < -0.3 is 9.55 Å². The molecule has 4 aromatic rings. The predicted octanol–water partition coefficient (Wildman–Crippen LogP) is 1.33. The maximum atomic E-state index is 11.2. The average molecular weight is 292 g/mol. The van der Waals surface area contributed by atoms with Gasteiger partial charge in [0.15, 0.2) is 5.65 Å². The molecule has 0 bridgehead atoms. The Morgan fingerprint density at radius 3 is 2.95 bits per heavy atom. The van der Waals surface area contributed by atoms with E-state index in [1.54, 1.807) is 23.0 Å². The van der Waals surface area contributed by atoms with E-state index in [1.165, 1.54) is 12.4 Å². The van der Waals surface area contributed by atoms with Crippen LogP contribution in [-0.2, 0) is 6.54 Å². The highest BCUT2D eigenvalue weighted by atomic mass is 16.1. The molecule has 0 aromatic carbocycles. The molecule has 0 amide bonds. The molecule has 4 aromatic heterocycles. The molecule has 0 aliphatic carbocycles. The highest BCUT2D eigenvalue weighted by molar-refractivity contribution is 5.53. The van der Waals surface area contributed by atoms with Gasteiger partial charge in [0.1, 0.15) is 12.2 Å². The van der Waals surface area contributed by atoms with Crippen LogP contribution in [0.4, 0.5) is 0 Å². The molecule has 0 unspecified atom stereocenters. The van der Waals surface area contributed by atoms with E-state index in [4.69, 9.17) is 0 Å². The number of pyridine rings is 2. The molecule has 0 spiro atoms. The molecule has 1 N–H and O–H groups in total. The van der Waals surface area contributed by atoms with Gasteiger partial charge in [-0.3, -0.25) is 4.79 Å². The predicted molar refractivity (Wildman–Crippen MR) is 80.4 cm³/mol. The fourth-order valence-electron chi connectivity index (χ4n) is 2.44. The minimum atomic E-state index is -0.130. The first-order chi connectivity index (χ1) is 10.8. The molecule has 0 saturated carbocycles. The summed E-state index contributed by atoms with van der Waals surface area (Å²) in [5.41, 5.74) is 2.53. The first-order valence-corrected chi connectivity index (χ1v) is 6.79. The second-order valence-electron chi connectivity index (χ2n) is 4.87. The number of imidazole rings is 1. The van der Waals surface area contributed by atoms with Crippen LogP contribution in [0.2, 0.25) is 0 Å². The van der Waals surface area contributed by atoms with Crippen molar-refractivity contribution in [3.8, 4) is 11.4 Å². The number of H-pyrrole nitrogens is 1. The fourth-order valence-corrected chi connectivity index (χ4v) is 2.44. The van der Waals surface area contributed by atoms with Gasteiger partial charge in [-0.1, -0.05) is 6.07 Å². The van der Waals surface area contributed by atoms with Crippen LogP contribution in [0.3, 0.4) is 0 Å². The van der Waals surface area contributed by atoms with Crippen LogP contribution in [0.1, 0.15) is 5.69 Å². The minimum absolute atomic E-state index is 0.130. The van der Waals surface area contributed by atoms with Gasteiger partial charge in [-0.15, -0.1) is 0 Å². The van der Waals surface area contributed by atoms with Crippen molar-refractivity contribution in [1.82, 2.24) is 29.1 Å². The van der Waals surface area contributed by atoms with Crippen LogP contribution < -0.4 is 5.56 Å². The molecule has 0 saturated heterocycles. The van der Waals surface area contributed by atoms with Crippen LogP contribution in [0.5, 0.6) is 0 Å². The summed E-state index contributed by atoms with van der Waals surface area (Å²) >= 11 is 0. The van der Waals surface area contributed by atoms with Gasteiger partial charge in [0.25, 0.3) is 0 Å². The Balaban J connectivity index is 1.75. The fraction of sp³-hybridized carbons (Fsp3) is 0.0667.